The molecule has 0 bridgehead atoms. The third-order valence-electron chi connectivity index (χ3n) is 7.02. The number of amides is 1. The summed E-state index contributed by atoms with van der Waals surface area (Å²) in [5.74, 6) is 1.61. The molecule has 28 heavy (non-hydrogen) atoms. The predicted octanol–water partition coefficient (Wildman–Crippen LogP) is 3.05. The number of nitrogens with one attached hydrogen (secondary N) is 1. The summed E-state index contributed by atoms with van der Waals surface area (Å²) in [6, 6.07) is 6.47. The fourth-order valence-electron chi connectivity index (χ4n) is 5.42. The number of carbonyl (C=O) groups excluding carboxylic acids is 1. The molecule has 3 heterocycles. The molecule has 5 nitrogen and oxygen atoms in total. The molecular formula is C23H30N4O. The second kappa shape index (κ2) is 7.03. The molecule has 2 atom stereocenters. The van der Waals surface area contributed by atoms with Crippen LogP contribution in [0.5, 0.6) is 0 Å². The minimum absolute atomic E-state index is 0.148. The highest BCUT2D eigenvalue weighted by Gasteiger charge is 2.34. The lowest BCUT2D eigenvalue weighted by Crippen LogP contribution is -2.33. The van der Waals surface area contributed by atoms with Crippen LogP contribution in [-0.2, 0) is 12.8 Å². The molecular weight excluding hydrogens is 348 g/mol. The average molecular weight is 379 g/mol. The van der Waals surface area contributed by atoms with Gasteiger partial charge in [-0.2, -0.15) is 5.10 Å². The normalized spacial score (nSPS) is 24.1. The maximum absolute atomic E-state index is 13.5. The number of rotatable bonds is 2. The first-order valence-electron chi connectivity index (χ1n) is 10.8. The summed E-state index contributed by atoms with van der Waals surface area (Å²) < 4.78 is 2.06. The molecule has 5 heteroatoms. The second-order valence-electron chi connectivity index (χ2n) is 8.88. The fourth-order valence-corrected chi connectivity index (χ4v) is 5.42. The fraction of sp³-hybridized carbons (Fsp3) is 0.565. The van der Waals surface area contributed by atoms with Crippen LogP contribution in [0.25, 0.3) is 5.69 Å². The SMILES string of the molecule is Cc1ccc(-n2nc(C(=O)N3CC[C@@H]4CNC[C@@H]4CC3)c3c2CCC3)c(C)c1. The van der Waals surface area contributed by atoms with Crippen molar-refractivity contribution in [3.63, 3.8) is 0 Å². The first-order chi connectivity index (χ1) is 13.6. The van der Waals surface area contributed by atoms with E-state index in [-0.39, 0.29) is 5.91 Å². The Morgan fingerprint density at radius 3 is 2.57 bits per heavy atom. The number of carbonyl (C=O) groups is 1. The Bertz CT molecular complexity index is 902. The molecule has 148 valence electrons. The number of aryl methyl sites for hydroxylation is 2. The van der Waals surface area contributed by atoms with E-state index in [1.54, 1.807) is 0 Å². The molecule has 1 aliphatic carbocycles. The van der Waals surface area contributed by atoms with Crippen LogP contribution in [0.15, 0.2) is 18.2 Å². The average Bonchev–Trinajstić information content (AvgIpc) is 3.36. The number of fused-ring (bicyclic) bond motifs is 2. The van der Waals surface area contributed by atoms with Gasteiger partial charge in [0.05, 0.1) is 5.69 Å². The van der Waals surface area contributed by atoms with E-state index in [4.69, 9.17) is 5.10 Å². The molecule has 2 fully saturated rings. The van der Waals surface area contributed by atoms with Gasteiger partial charge in [0.1, 0.15) is 0 Å². The minimum atomic E-state index is 0.148. The molecule has 2 aromatic rings. The number of hydrogen-bond acceptors (Lipinski definition) is 3. The Morgan fingerprint density at radius 2 is 1.86 bits per heavy atom. The third-order valence-corrected chi connectivity index (χ3v) is 7.02. The maximum atomic E-state index is 13.5. The molecule has 0 unspecified atom stereocenters. The summed E-state index contributed by atoms with van der Waals surface area (Å²) in [4.78, 5) is 15.5. The van der Waals surface area contributed by atoms with Gasteiger partial charge in [-0.25, -0.2) is 4.68 Å². The number of hydrogen-bond donors (Lipinski definition) is 1. The summed E-state index contributed by atoms with van der Waals surface area (Å²) >= 11 is 0. The van der Waals surface area contributed by atoms with Crippen molar-refractivity contribution in [2.24, 2.45) is 11.8 Å². The number of aromatic nitrogens is 2. The van der Waals surface area contributed by atoms with Crippen LogP contribution in [0.2, 0.25) is 0 Å². The van der Waals surface area contributed by atoms with Gasteiger partial charge in [0.15, 0.2) is 5.69 Å². The zero-order valence-corrected chi connectivity index (χ0v) is 17.0. The van der Waals surface area contributed by atoms with Crippen LogP contribution >= 0.6 is 0 Å². The van der Waals surface area contributed by atoms with Gasteiger partial charge >= 0.3 is 0 Å². The predicted molar refractivity (Wildman–Crippen MR) is 110 cm³/mol. The van der Waals surface area contributed by atoms with Gasteiger partial charge in [0.25, 0.3) is 5.91 Å². The van der Waals surface area contributed by atoms with E-state index >= 15 is 0 Å². The van der Waals surface area contributed by atoms with Crippen molar-refractivity contribution in [3.05, 3.63) is 46.3 Å². The van der Waals surface area contributed by atoms with Crippen molar-refractivity contribution in [2.75, 3.05) is 26.2 Å². The summed E-state index contributed by atoms with van der Waals surface area (Å²) in [7, 11) is 0. The monoisotopic (exact) mass is 378 g/mol. The highest BCUT2D eigenvalue weighted by molar-refractivity contribution is 5.94. The Labute approximate surface area is 167 Å². The van der Waals surface area contributed by atoms with Gasteiger partial charge in [-0.15, -0.1) is 0 Å². The highest BCUT2D eigenvalue weighted by atomic mass is 16.2. The summed E-state index contributed by atoms with van der Waals surface area (Å²) in [5, 5.41) is 8.40. The lowest BCUT2D eigenvalue weighted by atomic mass is 9.92. The lowest BCUT2D eigenvalue weighted by molar-refractivity contribution is 0.0751. The molecule has 0 saturated carbocycles. The molecule has 1 N–H and O–H groups in total. The Morgan fingerprint density at radius 1 is 1.11 bits per heavy atom. The topological polar surface area (TPSA) is 50.2 Å². The number of likely N-dealkylation sites (tertiary alicyclic amines) is 1. The molecule has 3 aliphatic rings. The largest absolute Gasteiger partial charge is 0.337 e. The van der Waals surface area contributed by atoms with Crippen molar-refractivity contribution >= 4 is 5.91 Å². The Kier molecular flexibility index (Phi) is 4.50. The molecule has 0 spiro atoms. The summed E-state index contributed by atoms with van der Waals surface area (Å²) in [6.07, 6.45) is 5.34. The second-order valence-corrected chi connectivity index (χ2v) is 8.88. The van der Waals surface area contributed by atoms with E-state index in [1.165, 1.54) is 22.4 Å². The molecule has 1 aromatic carbocycles. The van der Waals surface area contributed by atoms with Gasteiger partial charge in [0.2, 0.25) is 0 Å². The van der Waals surface area contributed by atoms with Gasteiger partial charge in [-0.3, -0.25) is 4.79 Å². The smallest absolute Gasteiger partial charge is 0.274 e. The van der Waals surface area contributed by atoms with E-state index < -0.39 is 0 Å². The van der Waals surface area contributed by atoms with Crippen LogP contribution in [0, 0.1) is 25.7 Å². The molecule has 0 radical (unpaired) electrons. The van der Waals surface area contributed by atoms with Crippen molar-refractivity contribution < 1.29 is 4.79 Å². The number of nitrogens with zero attached hydrogens (tertiary/aromatic N) is 3. The Balaban J connectivity index is 1.46. The molecule has 2 saturated heterocycles. The van der Waals surface area contributed by atoms with E-state index in [1.807, 2.05) is 0 Å². The van der Waals surface area contributed by atoms with E-state index in [2.05, 4.69) is 46.9 Å². The molecule has 2 aliphatic heterocycles. The van der Waals surface area contributed by atoms with Gasteiger partial charge in [-0.1, -0.05) is 17.7 Å². The highest BCUT2D eigenvalue weighted by Crippen LogP contribution is 2.32. The standard InChI is InChI=1S/C23H30N4O/c1-15-6-7-20(16(2)12-15)27-21-5-3-4-19(21)22(25-27)23(28)26-10-8-17-13-24-14-18(17)9-11-26/h6-7,12,17-18,24H,3-5,8-11,13-14H2,1-2H3/t17-,18+. The zero-order valence-electron chi connectivity index (χ0n) is 17.0. The molecule has 1 aromatic heterocycles. The van der Waals surface area contributed by atoms with E-state index in [0.29, 0.717) is 5.69 Å². The summed E-state index contributed by atoms with van der Waals surface area (Å²) in [6.45, 7) is 8.21. The van der Waals surface area contributed by atoms with Crippen LogP contribution in [0.3, 0.4) is 0 Å². The van der Waals surface area contributed by atoms with Gasteiger partial charge in [0, 0.05) is 24.3 Å². The first-order valence-corrected chi connectivity index (χ1v) is 10.8. The molecule has 5 rings (SSSR count). The van der Waals surface area contributed by atoms with E-state index in [9.17, 15) is 4.79 Å². The van der Waals surface area contributed by atoms with Crippen LogP contribution in [0.1, 0.15) is 52.1 Å². The van der Waals surface area contributed by atoms with Gasteiger partial charge < -0.3 is 10.2 Å². The maximum Gasteiger partial charge on any atom is 0.274 e. The van der Waals surface area contributed by atoms with E-state index in [0.717, 1.165) is 75.8 Å². The zero-order chi connectivity index (χ0) is 19.3. The molecule has 1 amide bonds. The van der Waals surface area contributed by atoms with Crippen molar-refractivity contribution in [3.8, 4) is 5.69 Å². The van der Waals surface area contributed by atoms with Crippen LogP contribution < -0.4 is 5.32 Å². The van der Waals surface area contributed by atoms with Gasteiger partial charge in [-0.05, 0) is 82.5 Å². The van der Waals surface area contributed by atoms with Crippen molar-refractivity contribution in [2.45, 2.75) is 46.0 Å². The first kappa shape index (κ1) is 17.9. The van der Waals surface area contributed by atoms with Crippen LogP contribution in [-0.4, -0.2) is 46.8 Å². The Hall–Kier alpha value is -2.14. The van der Waals surface area contributed by atoms with Crippen LogP contribution in [0.4, 0.5) is 0 Å². The van der Waals surface area contributed by atoms with Crippen molar-refractivity contribution in [1.29, 1.82) is 0 Å². The van der Waals surface area contributed by atoms with Crippen molar-refractivity contribution in [1.82, 2.24) is 20.0 Å². The minimum Gasteiger partial charge on any atom is -0.337 e. The quantitative estimate of drug-likeness (QED) is 0.874. The third kappa shape index (κ3) is 2.96. The summed E-state index contributed by atoms with van der Waals surface area (Å²) in [5.41, 5.74) is 6.72. The lowest BCUT2D eigenvalue weighted by Gasteiger charge is -2.20. The number of benzene rings is 1.